The lowest BCUT2D eigenvalue weighted by molar-refractivity contribution is 0.0524. The Balaban J connectivity index is 1.61. The molecule has 0 bridgehead atoms. The van der Waals surface area contributed by atoms with Crippen molar-refractivity contribution in [2.24, 2.45) is 17.8 Å². The van der Waals surface area contributed by atoms with Crippen LogP contribution in [-0.2, 0) is 0 Å². The number of nitrogens with zero attached hydrogens (tertiary/aromatic N) is 1. The van der Waals surface area contributed by atoms with E-state index in [1.165, 1.54) is 58.2 Å². The van der Waals surface area contributed by atoms with Gasteiger partial charge in [-0.2, -0.15) is 0 Å². The minimum atomic E-state index is 0.407. The van der Waals surface area contributed by atoms with Crippen molar-refractivity contribution < 1.29 is 0 Å². The molecule has 1 N–H and O–H groups in total. The maximum Gasteiger partial charge on any atom is 0.0309 e. The molecule has 0 aromatic carbocycles. The van der Waals surface area contributed by atoms with Crippen LogP contribution in [0.5, 0.6) is 0 Å². The molecule has 1 aliphatic heterocycles. The lowest BCUT2D eigenvalue weighted by Gasteiger charge is -2.47. The summed E-state index contributed by atoms with van der Waals surface area (Å²) in [5.74, 6) is 2.85. The third-order valence-corrected chi connectivity index (χ3v) is 6.19. The molecule has 0 amide bonds. The summed E-state index contributed by atoms with van der Waals surface area (Å²) >= 11 is 0. The summed E-state index contributed by atoms with van der Waals surface area (Å²) in [7, 11) is 0. The van der Waals surface area contributed by atoms with Gasteiger partial charge in [0.25, 0.3) is 0 Å². The molecule has 0 aromatic heterocycles. The van der Waals surface area contributed by atoms with Gasteiger partial charge in [0.15, 0.2) is 0 Å². The smallest absolute Gasteiger partial charge is 0.0309 e. The first-order valence-electron chi connectivity index (χ1n) is 8.57. The Morgan fingerprint density at radius 1 is 1.11 bits per heavy atom. The minimum absolute atomic E-state index is 0.407. The van der Waals surface area contributed by atoms with Crippen LogP contribution in [0.3, 0.4) is 0 Å². The Hall–Kier alpha value is -0.0800. The molecule has 110 valence electrons. The van der Waals surface area contributed by atoms with Crippen molar-refractivity contribution in [2.75, 3.05) is 19.6 Å². The summed E-state index contributed by atoms with van der Waals surface area (Å²) in [6, 6.07) is 0.723. The predicted molar refractivity (Wildman–Crippen MR) is 81.3 cm³/mol. The van der Waals surface area contributed by atoms with Gasteiger partial charge in [-0.05, 0) is 50.9 Å². The number of nitrogens with one attached hydrogen (secondary N) is 1. The molecule has 2 nitrogen and oxygen atoms in total. The summed E-state index contributed by atoms with van der Waals surface area (Å²) in [6.07, 6.45) is 8.77. The van der Waals surface area contributed by atoms with E-state index >= 15 is 0 Å². The fourth-order valence-corrected chi connectivity index (χ4v) is 4.35. The second-order valence-electron chi connectivity index (χ2n) is 7.87. The van der Waals surface area contributed by atoms with Gasteiger partial charge in [0.05, 0.1) is 0 Å². The number of hydrogen-bond donors (Lipinski definition) is 1. The summed E-state index contributed by atoms with van der Waals surface area (Å²) in [5.41, 5.74) is 0.407. The summed E-state index contributed by atoms with van der Waals surface area (Å²) in [6.45, 7) is 11.2. The first-order valence-corrected chi connectivity index (χ1v) is 8.57. The molecule has 2 aliphatic carbocycles. The van der Waals surface area contributed by atoms with Crippen molar-refractivity contribution in [3.63, 3.8) is 0 Å². The average molecular weight is 264 g/mol. The van der Waals surface area contributed by atoms with Crippen molar-refractivity contribution >= 4 is 0 Å². The zero-order valence-electron chi connectivity index (χ0n) is 13.1. The van der Waals surface area contributed by atoms with E-state index < -0.39 is 0 Å². The van der Waals surface area contributed by atoms with E-state index in [0.717, 1.165) is 23.8 Å². The molecule has 0 radical (unpaired) electrons. The lowest BCUT2D eigenvalue weighted by atomic mass is 9.79. The molecule has 1 saturated heterocycles. The quantitative estimate of drug-likeness (QED) is 0.841. The minimum Gasteiger partial charge on any atom is -0.308 e. The Morgan fingerprint density at radius 2 is 1.84 bits per heavy atom. The first kappa shape index (κ1) is 13.9. The Morgan fingerprint density at radius 3 is 2.53 bits per heavy atom. The van der Waals surface area contributed by atoms with Crippen LogP contribution in [0.4, 0.5) is 0 Å². The highest BCUT2D eigenvalue weighted by molar-refractivity contribution is 5.03. The largest absolute Gasteiger partial charge is 0.308 e. The Bertz CT molecular complexity index is 312. The SMILES string of the molecule is CC1CCCCC1CN1CC(C)(C2CC2)NCC1C. The van der Waals surface area contributed by atoms with Gasteiger partial charge in [-0.15, -0.1) is 0 Å². The zero-order valence-corrected chi connectivity index (χ0v) is 13.1. The van der Waals surface area contributed by atoms with Crippen LogP contribution < -0.4 is 5.32 Å². The van der Waals surface area contributed by atoms with Crippen LogP contribution in [0.2, 0.25) is 0 Å². The van der Waals surface area contributed by atoms with Gasteiger partial charge in [0.1, 0.15) is 0 Å². The van der Waals surface area contributed by atoms with E-state index in [1.54, 1.807) is 0 Å². The monoisotopic (exact) mass is 264 g/mol. The van der Waals surface area contributed by atoms with E-state index in [1.807, 2.05) is 0 Å². The standard InChI is InChI=1S/C17H32N2/c1-13-6-4-5-7-15(13)11-19-12-17(3,16-8-9-16)18-10-14(19)2/h13-16,18H,4-12H2,1-3H3. The van der Waals surface area contributed by atoms with E-state index in [4.69, 9.17) is 0 Å². The molecule has 3 rings (SSSR count). The molecule has 1 heterocycles. The molecule has 3 fully saturated rings. The van der Waals surface area contributed by atoms with Gasteiger partial charge in [0.2, 0.25) is 0 Å². The lowest BCUT2D eigenvalue weighted by Crippen LogP contribution is -2.64. The summed E-state index contributed by atoms with van der Waals surface area (Å²) in [4.78, 5) is 2.81. The van der Waals surface area contributed by atoms with Gasteiger partial charge in [-0.25, -0.2) is 0 Å². The normalized spacial score (nSPS) is 45.3. The predicted octanol–water partition coefficient (Wildman–Crippen LogP) is 3.28. The number of rotatable bonds is 3. The van der Waals surface area contributed by atoms with E-state index in [-0.39, 0.29) is 0 Å². The Kier molecular flexibility index (Phi) is 3.92. The second kappa shape index (κ2) is 5.37. The van der Waals surface area contributed by atoms with Crippen molar-refractivity contribution in [3.05, 3.63) is 0 Å². The van der Waals surface area contributed by atoms with Gasteiger partial charge < -0.3 is 5.32 Å². The third kappa shape index (κ3) is 3.00. The van der Waals surface area contributed by atoms with Crippen molar-refractivity contribution in [1.82, 2.24) is 10.2 Å². The van der Waals surface area contributed by atoms with E-state index in [2.05, 4.69) is 31.0 Å². The molecule has 0 aromatic rings. The van der Waals surface area contributed by atoms with Gasteiger partial charge in [-0.3, -0.25) is 4.90 Å². The molecular formula is C17H32N2. The highest BCUT2D eigenvalue weighted by atomic mass is 15.3. The first-order chi connectivity index (χ1) is 9.08. The van der Waals surface area contributed by atoms with Gasteiger partial charge >= 0.3 is 0 Å². The fourth-order valence-electron chi connectivity index (χ4n) is 4.35. The Labute approximate surface area is 119 Å². The third-order valence-electron chi connectivity index (χ3n) is 6.19. The number of piperazine rings is 1. The van der Waals surface area contributed by atoms with Gasteiger partial charge in [-0.1, -0.05) is 26.2 Å². The van der Waals surface area contributed by atoms with Crippen LogP contribution in [0.15, 0.2) is 0 Å². The molecule has 3 aliphatic rings. The highest BCUT2D eigenvalue weighted by Crippen LogP contribution is 2.42. The molecule has 4 atom stereocenters. The maximum absolute atomic E-state index is 3.84. The zero-order chi connectivity index (χ0) is 13.5. The van der Waals surface area contributed by atoms with Crippen LogP contribution in [0.1, 0.15) is 59.3 Å². The summed E-state index contributed by atoms with van der Waals surface area (Å²) in [5, 5.41) is 3.84. The van der Waals surface area contributed by atoms with Gasteiger partial charge in [0, 0.05) is 31.2 Å². The van der Waals surface area contributed by atoms with Crippen LogP contribution in [0.25, 0.3) is 0 Å². The topological polar surface area (TPSA) is 15.3 Å². The molecule has 19 heavy (non-hydrogen) atoms. The van der Waals surface area contributed by atoms with E-state index in [0.29, 0.717) is 5.54 Å². The summed E-state index contributed by atoms with van der Waals surface area (Å²) < 4.78 is 0. The molecule has 4 unspecified atom stereocenters. The molecular weight excluding hydrogens is 232 g/mol. The van der Waals surface area contributed by atoms with E-state index in [9.17, 15) is 0 Å². The second-order valence-corrected chi connectivity index (χ2v) is 7.87. The van der Waals surface area contributed by atoms with Crippen LogP contribution >= 0.6 is 0 Å². The maximum atomic E-state index is 3.84. The molecule has 2 saturated carbocycles. The highest BCUT2D eigenvalue weighted by Gasteiger charge is 2.45. The van der Waals surface area contributed by atoms with Crippen LogP contribution in [0, 0.1) is 17.8 Å². The average Bonchev–Trinajstić information content (AvgIpc) is 3.21. The fraction of sp³-hybridized carbons (Fsp3) is 1.00. The van der Waals surface area contributed by atoms with Crippen LogP contribution in [-0.4, -0.2) is 36.1 Å². The molecule has 0 spiro atoms. The van der Waals surface area contributed by atoms with Crippen molar-refractivity contribution in [2.45, 2.75) is 70.9 Å². The van der Waals surface area contributed by atoms with Crippen molar-refractivity contribution in [3.8, 4) is 0 Å². The van der Waals surface area contributed by atoms with Crippen molar-refractivity contribution in [1.29, 1.82) is 0 Å². The molecule has 2 heteroatoms. The number of hydrogen-bond acceptors (Lipinski definition) is 2.